The van der Waals surface area contributed by atoms with E-state index in [1.807, 2.05) is 12.1 Å². The Balaban J connectivity index is 2.04. The molecule has 0 bridgehead atoms. The summed E-state index contributed by atoms with van der Waals surface area (Å²) < 4.78 is 0.753. The number of carbonyl (C=O) groups excluding carboxylic acids is 1. The third kappa shape index (κ3) is 2.73. The Morgan fingerprint density at radius 2 is 2.10 bits per heavy atom. The van der Waals surface area contributed by atoms with Crippen molar-refractivity contribution < 1.29 is 9.90 Å². The molecule has 3 rings (SSSR count). The first kappa shape index (κ1) is 14.3. The zero-order valence-corrected chi connectivity index (χ0v) is 13.4. The fraction of sp³-hybridized carbons (Fsp3) is 0.133. The first-order valence-corrected chi connectivity index (χ1v) is 8.17. The molecule has 0 atom stereocenters. The quantitative estimate of drug-likeness (QED) is 0.760. The van der Waals surface area contributed by atoms with E-state index in [0.29, 0.717) is 12.2 Å². The van der Waals surface area contributed by atoms with Gasteiger partial charge in [0.05, 0.1) is 11.3 Å². The van der Waals surface area contributed by atoms with Crippen molar-refractivity contribution in [2.24, 2.45) is 0 Å². The number of carbonyl (C=O) groups is 1. The van der Waals surface area contributed by atoms with Crippen molar-refractivity contribution in [2.45, 2.75) is 4.90 Å². The fourth-order valence-electron chi connectivity index (χ4n) is 2.27. The van der Waals surface area contributed by atoms with Crippen molar-refractivity contribution in [2.75, 3.05) is 22.9 Å². The van der Waals surface area contributed by atoms with Crippen molar-refractivity contribution in [1.82, 2.24) is 0 Å². The van der Waals surface area contributed by atoms with Crippen LogP contribution >= 0.6 is 27.7 Å². The molecule has 2 aromatic carbocycles. The summed E-state index contributed by atoms with van der Waals surface area (Å²) in [6.07, 6.45) is 0. The van der Waals surface area contributed by atoms with Crippen LogP contribution in [0.4, 0.5) is 11.4 Å². The van der Waals surface area contributed by atoms with E-state index in [1.54, 1.807) is 34.9 Å². The van der Waals surface area contributed by atoms with Gasteiger partial charge >= 0.3 is 0 Å². The number of fused-ring (bicyclic) bond motifs is 1. The summed E-state index contributed by atoms with van der Waals surface area (Å²) in [4.78, 5) is 15.4. The second-order valence-electron chi connectivity index (χ2n) is 4.69. The van der Waals surface area contributed by atoms with Crippen molar-refractivity contribution in [3.05, 3.63) is 46.4 Å². The van der Waals surface area contributed by atoms with Crippen molar-refractivity contribution in [3.8, 4) is 5.75 Å². The van der Waals surface area contributed by atoms with Crippen LogP contribution in [0.15, 0.2) is 45.8 Å². The summed E-state index contributed by atoms with van der Waals surface area (Å²) in [6.45, 7) is 0.589. The predicted octanol–water partition coefficient (Wildman–Crippen LogP) is 3.49. The first-order chi connectivity index (χ1) is 10.1. The third-order valence-corrected chi connectivity index (χ3v) is 4.82. The lowest BCUT2D eigenvalue weighted by Gasteiger charge is -2.29. The van der Waals surface area contributed by atoms with Crippen LogP contribution < -0.4 is 10.6 Å². The summed E-state index contributed by atoms with van der Waals surface area (Å²) in [5, 5.41) is 9.94. The van der Waals surface area contributed by atoms with Crippen LogP contribution in [0.5, 0.6) is 5.75 Å². The predicted molar refractivity (Wildman–Crippen MR) is 89.1 cm³/mol. The van der Waals surface area contributed by atoms with E-state index in [-0.39, 0.29) is 17.2 Å². The molecule has 0 spiro atoms. The minimum atomic E-state index is -0.221. The van der Waals surface area contributed by atoms with Crippen LogP contribution in [0.1, 0.15) is 10.4 Å². The Hall–Kier alpha value is -1.66. The number of phenolic OH excluding ortho intramolecular Hbond substituents is 1. The van der Waals surface area contributed by atoms with E-state index in [9.17, 15) is 9.90 Å². The summed E-state index contributed by atoms with van der Waals surface area (Å²) in [6, 6.07) is 10.4. The van der Waals surface area contributed by atoms with Gasteiger partial charge in [-0.05, 0) is 36.4 Å². The van der Waals surface area contributed by atoms with Crippen LogP contribution in [-0.2, 0) is 0 Å². The molecule has 6 heteroatoms. The van der Waals surface area contributed by atoms with E-state index in [0.717, 1.165) is 20.8 Å². The lowest BCUT2D eigenvalue weighted by atomic mass is 10.1. The second kappa shape index (κ2) is 5.61. The van der Waals surface area contributed by atoms with Gasteiger partial charge in [-0.25, -0.2) is 0 Å². The van der Waals surface area contributed by atoms with E-state index in [4.69, 9.17) is 5.73 Å². The van der Waals surface area contributed by atoms with E-state index in [2.05, 4.69) is 15.9 Å². The number of nitrogens with two attached hydrogens (primary N) is 1. The SMILES string of the molecule is Nc1ccc2c(c1)N(C(=O)c1cc(Br)ccc1O)CCS2. The number of rotatable bonds is 1. The smallest absolute Gasteiger partial charge is 0.262 e. The molecule has 0 aliphatic carbocycles. The van der Waals surface area contributed by atoms with Crippen molar-refractivity contribution in [1.29, 1.82) is 0 Å². The van der Waals surface area contributed by atoms with Gasteiger partial charge in [-0.2, -0.15) is 0 Å². The number of nitrogen functional groups attached to an aromatic ring is 1. The molecule has 108 valence electrons. The lowest BCUT2D eigenvalue weighted by Crippen LogP contribution is -2.35. The highest BCUT2D eigenvalue weighted by atomic mass is 79.9. The number of phenols is 1. The molecule has 1 aliphatic heterocycles. The van der Waals surface area contributed by atoms with Gasteiger partial charge in [-0.1, -0.05) is 15.9 Å². The maximum atomic E-state index is 12.7. The number of anilines is 2. The van der Waals surface area contributed by atoms with Crippen molar-refractivity contribution >= 4 is 45.0 Å². The highest BCUT2D eigenvalue weighted by Crippen LogP contribution is 2.37. The minimum absolute atomic E-state index is 0.0214. The maximum Gasteiger partial charge on any atom is 0.262 e. The molecule has 1 heterocycles. The Morgan fingerprint density at radius 3 is 2.90 bits per heavy atom. The zero-order valence-electron chi connectivity index (χ0n) is 11.0. The normalized spacial score (nSPS) is 13.9. The van der Waals surface area contributed by atoms with Gasteiger partial charge in [0.25, 0.3) is 5.91 Å². The van der Waals surface area contributed by atoms with Gasteiger partial charge < -0.3 is 15.7 Å². The standard InChI is InChI=1S/C15H13BrN2O2S/c16-9-1-3-13(19)11(7-9)15(20)18-5-6-21-14-4-2-10(17)8-12(14)18/h1-4,7-8,19H,5-6,17H2. The highest BCUT2D eigenvalue weighted by molar-refractivity contribution is 9.10. The Kier molecular flexibility index (Phi) is 3.82. The summed E-state index contributed by atoms with van der Waals surface area (Å²) >= 11 is 5.03. The summed E-state index contributed by atoms with van der Waals surface area (Å²) in [7, 11) is 0. The molecule has 0 saturated carbocycles. The van der Waals surface area contributed by atoms with E-state index in [1.165, 1.54) is 6.07 Å². The first-order valence-electron chi connectivity index (χ1n) is 6.39. The second-order valence-corrected chi connectivity index (χ2v) is 6.75. The Morgan fingerprint density at radius 1 is 1.29 bits per heavy atom. The summed E-state index contributed by atoms with van der Waals surface area (Å²) in [5.41, 5.74) is 7.53. The molecule has 0 fully saturated rings. The molecule has 0 saturated heterocycles. The highest BCUT2D eigenvalue weighted by Gasteiger charge is 2.26. The monoisotopic (exact) mass is 364 g/mol. The molecule has 4 nitrogen and oxygen atoms in total. The number of benzene rings is 2. The minimum Gasteiger partial charge on any atom is -0.507 e. The molecule has 0 unspecified atom stereocenters. The van der Waals surface area contributed by atoms with E-state index >= 15 is 0 Å². The summed E-state index contributed by atoms with van der Waals surface area (Å²) in [5.74, 6) is 0.574. The van der Waals surface area contributed by atoms with Gasteiger partial charge in [-0.3, -0.25) is 4.79 Å². The van der Waals surface area contributed by atoms with Gasteiger partial charge in [0.1, 0.15) is 5.75 Å². The molecular weight excluding hydrogens is 352 g/mol. The van der Waals surface area contributed by atoms with Crippen LogP contribution in [0.25, 0.3) is 0 Å². The average molecular weight is 365 g/mol. The molecule has 1 aliphatic rings. The average Bonchev–Trinajstić information content (AvgIpc) is 2.48. The number of hydrogen-bond donors (Lipinski definition) is 2. The van der Waals surface area contributed by atoms with Gasteiger partial charge in [-0.15, -0.1) is 11.8 Å². The number of aromatic hydroxyl groups is 1. The third-order valence-electron chi connectivity index (χ3n) is 3.28. The number of thioether (sulfide) groups is 1. The lowest BCUT2D eigenvalue weighted by molar-refractivity contribution is 0.0985. The number of amides is 1. The molecular formula is C15H13BrN2O2S. The van der Waals surface area contributed by atoms with Crippen LogP contribution in [0.2, 0.25) is 0 Å². The van der Waals surface area contributed by atoms with E-state index < -0.39 is 0 Å². The molecule has 3 N–H and O–H groups in total. The van der Waals surface area contributed by atoms with Crippen molar-refractivity contribution in [3.63, 3.8) is 0 Å². The van der Waals surface area contributed by atoms with Gasteiger partial charge in [0.15, 0.2) is 0 Å². The van der Waals surface area contributed by atoms with Crippen LogP contribution in [0.3, 0.4) is 0 Å². The number of halogens is 1. The molecule has 0 aromatic heterocycles. The van der Waals surface area contributed by atoms with Gasteiger partial charge in [0, 0.05) is 27.4 Å². The molecule has 0 radical (unpaired) electrons. The Labute approximate surface area is 135 Å². The fourth-order valence-corrected chi connectivity index (χ4v) is 3.61. The topological polar surface area (TPSA) is 66.6 Å². The molecule has 1 amide bonds. The molecule has 21 heavy (non-hydrogen) atoms. The van der Waals surface area contributed by atoms with Gasteiger partial charge in [0.2, 0.25) is 0 Å². The Bertz CT molecular complexity index is 721. The number of hydrogen-bond acceptors (Lipinski definition) is 4. The van der Waals surface area contributed by atoms with Crippen LogP contribution in [0, 0.1) is 0 Å². The molecule has 2 aromatic rings. The maximum absolute atomic E-state index is 12.7. The largest absolute Gasteiger partial charge is 0.507 e. The van der Waals surface area contributed by atoms with Crippen LogP contribution in [-0.4, -0.2) is 23.3 Å². The number of nitrogens with zero attached hydrogens (tertiary/aromatic N) is 1. The zero-order chi connectivity index (χ0) is 15.0.